The van der Waals surface area contributed by atoms with Gasteiger partial charge in [0.25, 0.3) is 5.91 Å². The molecule has 40 heavy (non-hydrogen) atoms. The van der Waals surface area contributed by atoms with Crippen molar-refractivity contribution in [1.82, 2.24) is 5.32 Å². The lowest BCUT2D eigenvalue weighted by Crippen LogP contribution is -2.31. The van der Waals surface area contributed by atoms with E-state index < -0.39 is 23.0 Å². The van der Waals surface area contributed by atoms with Gasteiger partial charge in [-0.15, -0.1) is 0 Å². The number of aliphatic hydroxyl groups excluding tert-OH is 2. The third kappa shape index (κ3) is 5.74. The second-order valence-electron chi connectivity index (χ2n) is 11.0. The van der Waals surface area contributed by atoms with Crippen LogP contribution in [0, 0.1) is 17.8 Å². The smallest absolute Gasteiger partial charge is 0.255 e. The van der Waals surface area contributed by atoms with E-state index in [9.17, 15) is 29.7 Å². The molecule has 0 saturated heterocycles. The number of fused-ring (bicyclic) bond motifs is 2. The van der Waals surface area contributed by atoms with E-state index in [1.54, 1.807) is 13.2 Å². The van der Waals surface area contributed by atoms with Crippen molar-refractivity contribution in [3.05, 3.63) is 69.7 Å². The Morgan fingerprint density at radius 1 is 1.18 bits per heavy atom. The number of ether oxygens (including phenoxy) is 1. The lowest BCUT2D eigenvalue weighted by Gasteiger charge is -2.35. The maximum absolute atomic E-state index is 13.7. The molecule has 1 amide bonds. The first-order valence-corrected chi connectivity index (χ1v) is 13.4. The summed E-state index contributed by atoms with van der Waals surface area (Å²) in [6.45, 7) is 5.80. The minimum Gasteiger partial charge on any atom is -0.512 e. The van der Waals surface area contributed by atoms with Crippen LogP contribution in [0.15, 0.2) is 53.0 Å². The average Bonchev–Trinajstić information content (AvgIpc) is 2.88. The third-order valence-electron chi connectivity index (χ3n) is 7.64. The van der Waals surface area contributed by atoms with Gasteiger partial charge < -0.3 is 31.1 Å². The monoisotopic (exact) mass is 548 g/mol. The molecule has 2 unspecified atom stereocenters. The number of Topliss-reactive ketones (excluding diaryl/α,β-unsaturated/α-hetero) is 1. The quantitative estimate of drug-likeness (QED) is 0.0967. The van der Waals surface area contributed by atoms with E-state index in [1.807, 2.05) is 18.2 Å². The highest BCUT2D eigenvalue weighted by Crippen LogP contribution is 2.48. The number of nitrogens with one attached hydrogen (secondary N) is 1. The largest absolute Gasteiger partial charge is 0.512 e. The highest BCUT2D eigenvalue weighted by Gasteiger charge is 2.41. The summed E-state index contributed by atoms with van der Waals surface area (Å²) < 4.78 is 5.67. The van der Waals surface area contributed by atoms with Crippen LogP contribution >= 0.6 is 0 Å². The SMILES string of the molecule is COc1ccc(CNCC(C)C)cc1-c1ccc(O)c2c1CC1CC(C/C(O)=C(\C=O)C(N)=O)CC(O)=C1C2=O. The van der Waals surface area contributed by atoms with Gasteiger partial charge >= 0.3 is 0 Å². The van der Waals surface area contributed by atoms with Crippen LogP contribution in [0.5, 0.6) is 11.5 Å². The molecule has 212 valence electrons. The van der Waals surface area contributed by atoms with Crippen LogP contribution in [0.1, 0.15) is 54.6 Å². The van der Waals surface area contributed by atoms with Crippen LogP contribution in [0.4, 0.5) is 0 Å². The number of hydrogen-bond donors (Lipinski definition) is 5. The molecule has 9 nitrogen and oxygen atoms in total. The summed E-state index contributed by atoms with van der Waals surface area (Å²) in [7, 11) is 1.58. The summed E-state index contributed by atoms with van der Waals surface area (Å²) in [6.07, 6.45) is 1.04. The molecule has 2 atom stereocenters. The number of aromatic hydroxyl groups is 1. The number of allylic oxidation sites excluding steroid dienone is 3. The van der Waals surface area contributed by atoms with Crippen LogP contribution in [0.2, 0.25) is 0 Å². The molecule has 0 aliphatic heterocycles. The Morgan fingerprint density at radius 2 is 1.93 bits per heavy atom. The number of aliphatic hydroxyl groups is 2. The molecule has 0 spiro atoms. The summed E-state index contributed by atoms with van der Waals surface area (Å²) in [5.41, 5.74) is 8.35. The molecule has 2 aliphatic rings. The van der Waals surface area contributed by atoms with E-state index in [-0.39, 0.29) is 53.6 Å². The minimum atomic E-state index is -1.03. The maximum Gasteiger partial charge on any atom is 0.255 e. The molecule has 2 aromatic rings. The molecule has 0 radical (unpaired) electrons. The Morgan fingerprint density at radius 3 is 2.58 bits per heavy atom. The first-order chi connectivity index (χ1) is 19.0. The second-order valence-corrected chi connectivity index (χ2v) is 11.0. The van der Waals surface area contributed by atoms with E-state index in [1.165, 1.54) is 6.07 Å². The number of amides is 1. The first-order valence-electron chi connectivity index (χ1n) is 13.4. The normalized spacial score (nSPS) is 19.1. The van der Waals surface area contributed by atoms with Gasteiger partial charge in [0.1, 0.15) is 22.8 Å². The number of phenols is 1. The molecule has 0 heterocycles. The summed E-state index contributed by atoms with van der Waals surface area (Å²) in [5, 5.41) is 35.4. The van der Waals surface area contributed by atoms with Crippen molar-refractivity contribution in [3.8, 4) is 22.6 Å². The van der Waals surface area contributed by atoms with Crippen LogP contribution in [-0.2, 0) is 22.6 Å². The molecular formula is C31H36N2O7. The number of nitrogens with two attached hydrogens (primary N) is 1. The van der Waals surface area contributed by atoms with Gasteiger partial charge in [-0.05, 0) is 72.0 Å². The molecule has 2 aliphatic carbocycles. The van der Waals surface area contributed by atoms with Crippen molar-refractivity contribution in [1.29, 1.82) is 0 Å². The van der Waals surface area contributed by atoms with Crippen LogP contribution in [0.25, 0.3) is 11.1 Å². The van der Waals surface area contributed by atoms with Gasteiger partial charge in [0.15, 0.2) is 12.1 Å². The number of ketones is 1. The summed E-state index contributed by atoms with van der Waals surface area (Å²) in [5.74, 6) is -1.75. The van der Waals surface area contributed by atoms with E-state index in [2.05, 4.69) is 19.2 Å². The Balaban J connectivity index is 1.73. The number of aldehydes is 1. The van der Waals surface area contributed by atoms with Crippen LogP contribution in [-0.4, -0.2) is 47.0 Å². The Hall–Kier alpha value is -4.11. The van der Waals surface area contributed by atoms with Gasteiger partial charge in [-0.3, -0.25) is 14.4 Å². The van der Waals surface area contributed by atoms with Gasteiger partial charge in [-0.25, -0.2) is 0 Å². The van der Waals surface area contributed by atoms with Crippen LogP contribution < -0.4 is 15.8 Å². The number of primary amides is 1. The van der Waals surface area contributed by atoms with E-state index in [0.717, 1.165) is 23.2 Å². The van der Waals surface area contributed by atoms with E-state index >= 15 is 0 Å². The summed E-state index contributed by atoms with van der Waals surface area (Å²) in [4.78, 5) is 36.4. The molecule has 6 N–H and O–H groups in total. The van der Waals surface area contributed by atoms with Crippen molar-refractivity contribution in [3.63, 3.8) is 0 Å². The van der Waals surface area contributed by atoms with Crippen molar-refractivity contribution in [2.24, 2.45) is 23.5 Å². The molecule has 0 saturated carbocycles. The van der Waals surface area contributed by atoms with Gasteiger partial charge in [0.05, 0.1) is 18.4 Å². The van der Waals surface area contributed by atoms with E-state index in [0.29, 0.717) is 36.6 Å². The predicted molar refractivity (Wildman–Crippen MR) is 150 cm³/mol. The Kier molecular flexibility index (Phi) is 8.64. The zero-order valence-corrected chi connectivity index (χ0v) is 23.0. The Bertz CT molecular complexity index is 1410. The first kappa shape index (κ1) is 28.9. The number of benzene rings is 2. The molecule has 0 aromatic heterocycles. The van der Waals surface area contributed by atoms with Gasteiger partial charge in [-0.1, -0.05) is 26.0 Å². The number of phenolic OH excluding ortho intramolecular Hbond substituents is 1. The third-order valence-corrected chi connectivity index (χ3v) is 7.64. The van der Waals surface area contributed by atoms with Crippen molar-refractivity contribution in [2.45, 2.75) is 46.1 Å². The lowest BCUT2D eigenvalue weighted by molar-refractivity contribution is -0.117. The number of carbonyl (C=O) groups is 3. The number of rotatable bonds is 10. The fourth-order valence-electron chi connectivity index (χ4n) is 5.85. The minimum absolute atomic E-state index is 0.0436. The van der Waals surface area contributed by atoms with Crippen molar-refractivity contribution in [2.75, 3.05) is 13.7 Å². The fraction of sp³-hybridized carbons (Fsp3) is 0.387. The van der Waals surface area contributed by atoms with Crippen LogP contribution in [0.3, 0.4) is 0 Å². The van der Waals surface area contributed by atoms with Gasteiger partial charge in [0, 0.05) is 30.5 Å². The molecule has 0 bridgehead atoms. The molecule has 2 aromatic carbocycles. The zero-order valence-electron chi connectivity index (χ0n) is 23.0. The summed E-state index contributed by atoms with van der Waals surface area (Å²) >= 11 is 0. The number of methoxy groups -OCH3 is 1. The van der Waals surface area contributed by atoms with Crippen molar-refractivity contribution < 1.29 is 34.4 Å². The number of hydrogen-bond acceptors (Lipinski definition) is 8. The molecular weight excluding hydrogens is 512 g/mol. The second kappa shape index (κ2) is 12.0. The topological polar surface area (TPSA) is 159 Å². The molecule has 9 heteroatoms. The highest BCUT2D eigenvalue weighted by atomic mass is 16.5. The molecule has 4 rings (SSSR count). The lowest BCUT2D eigenvalue weighted by atomic mass is 9.68. The summed E-state index contributed by atoms with van der Waals surface area (Å²) in [6, 6.07) is 9.16. The zero-order chi connectivity index (χ0) is 29.1. The highest BCUT2D eigenvalue weighted by molar-refractivity contribution is 6.14. The van der Waals surface area contributed by atoms with Crippen molar-refractivity contribution >= 4 is 18.0 Å². The fourth-order valence-corrected chi connectivity index (χ4v) is 5.85. The van der Waals surface area contributed by atoms with E-state index in [4.69, 9.17) is 10.5 Å². The molecule has 0 fully saturated rings. The van der Waals surface area contributed by atoms with Gasteiger partial charge in [0.2, 0.25) is 0 Å². The average molecular weight is 549 g/mol. The Labute approximate surface area is 233 Å². The number of carbonyl (C=O) groups excluding carboxylic acids is 3. The maximum atomic E-state index is 13.7. The predicted octanol–water partition coefficient (Wildman–Crippen LogP) is 4.28. The van der Waals surface area contributed by atoms with Gasteiger partial charge in [-0.2, -0.15) is 0 Å². The standard InChI is InChI=1S/C31H36N2O7/c1-16(2)13-33-14-17-4-7-27(40-3)21(9-17)20-5-6-24(35)29-22(20)12-19-8-18(11-26(37)28(19)30(29)38)10-25(36)23(15-34)31(32)39/h4-7,9,15-16,18-19,33,35-37H,8,10-14H2,1-3H3,(H2,32,39)/b25-23-.